The van der Waals surface area contributed by atoms with Crippen LogP contribution in [0.25, 0.3) is 21.5 Å². The number of ether oxygens (including phenoxy) is 1. The first-order chi connectivity index (χ1) is 19.4. The Morgan fingerprint density at radius 3 is 2.25 bits per heavy atom. The van der Waals surface area contributed by atoms with Crippen molar-refractivity contribution in [1.29, 1.82) is 0 Å². The Balaban J connectivity index is 1.49. The van der Waals surface area contributed by atoms with Crippen LogP contribution in [0, 0.1) is 13.8 Å². The summed E-state index contributed by atoms with van der Waals surface area (Å²) >= 11 is 0. The average molecular weight is 524 g/mol. The molecule has 0 radical (unpaired) electrons. The van der Waals surface area contributed by atoms with Gasteiger partial charge in [-0.1, -0.05) is 111 Å². The van der Waals surface area contributed by atoms with Gasteiger partial charge in [-0.3, -0.25) is 0 Å². The molecule has 0 saturated heterocycles. The predicted octanol–water partition coefficient (Wildman–Crippen LogP) is 9.82. The zero-order chi connectivity index (χ0) is 27.9. The number of hydrogen-bond donors (Lipinski definition) is 0. The van der Waals surface area contributed by atoms with Gasteiger partial charge in [-0.05, 0) is 82.6 Å². The summed E-state index contributed by atoms with van der Waals surface area (Å²) in [4.78, 5) is 2.31. The van der Waals surface area contributed by atoms with E-state index in [1.54, 1.807) is 0 Å². The van der Waals surface area contributed by atoms with Crippen molar-refractivity contribution in [3.05, 3.63) is 143 Å². The van der Waals surface area contributed by atoms with E-state index in [0.29, 0.717) is 0 Å². The van der Waals surface area contributed by atoms with Crippen molar-refractivity contribution in [2.45, 2.75) is 46.0 Å². The number of fused-ring (bicyclic) bond motifs is 3. The van der Waals surface area contributed by atoms with E-state index in [1.165, 1.54) is 43.8 Å². The smallest absolute Gasteiger partial charge is 0.200 e. The summed E-state index contributed by atoms with van der Waals surface area (Å²) in [6.07, 6.45) is 4.05. The van der Waals surface area contributed by atoms with Crippen LogP contribution in [0.4, 0.5) is 5.69 Å². The van der Waals surface area contributed by atoms with Crippen LogP contribution < -0.4 is 9.64 Å². The summed E-state index contributed by atoms with van der Waals surface area (Å²) < 4.78 is 6.59. The molecule has 6 rings (SSSR count). The molecule has 0 aromatic heterocycles. The largest absolute Gasteiger partial charge is 0.439 e. The lowest BCUT2D eigenvalue weighted by Crippen LogP contribution is -2.29. The molecule has 40 heavy (non-hydrogen) atoms. The van der Waals surface area contributed by atoms with Gasteiger partial charge < -0.3 is 9.64 Å². The van der Waals surface area contributed by atoms with Crippen molar-refractivity contribution in [3.8, 4) is 5.75 Å². The summed E-state index contributed by atoms with van der Waals surface area (Å²) in [5, 5.41) is 4.95. The second-order valence-electron chi connectivity index (χ2n) is 11.4. The first-order valence-electron chi connectivity index (χ1n) is 14.3. The average Bonchev–Trinajstić information content (AvgIpc) is 3.28. The predicted molar refractivity (Wildman–Crippen MR) is 170 cm³/mol. The molecule has 0 saturated carbocycles. The summed E-state index contributed by atoms with van der Waals surface area (Å²) in [6, 6.07) is 35.0. The Labute approximate surface area is 238 Å². The minimum atomic E-state index is -0.353. The Morgan fingerprint density at radius 1 is 0.850 bits per heavy atom. The molecule has 0 bridgehead atoms. The first-order valence-corrected chi connectivity index (χ1v) is 14.3. The fourth-order valence-corrected chi connectivity index (χ4v) is 6.25. The number of nitrogens with zero attached hydrogens (tertiary/aromatic N) is 1. The van der Waals surface area contributed by atoms with Crippen LogP contribution in [0.3, 0.4) is 0 Å². The van der Waals surface area contributed by atoms with Crippen molar-refractivity contribution in [1.82, 2.24) is 0 Å². The molecule has 0 spiro atoms. The van der Waals surface area contributed by atoms with Gasteiger partial charge in [0, 0.05) is 18.0 Å². The fourth-order valence-electron chi connectivity index (χ4n) is 6.25. The van der Waals surface area contributed by atoms with Crippen LogP contribution in [0.5, 0.6) is 5.75 Å². The third-order valence-electron chi connectivity index (χ3n) is 8.42. The molecule has 2 heteroatoms. The van der Waals surface area contributed by atoms with Crippen LogP contribution in [0.15, 0.2) is 121 Å². The molecule has 5 aromatic carbocycles. The maximum atomic E-state index is 6.59. The summed E-state index contributed by atoms with van der Waals surface area (Å²) in [6.45, 7) is 14.6. The molecular weight excluding hydrogens is 486 g/mol. The van der Waals surface area contributed by atoms with Crippen LogP contribution in [0.2, 0.25) is 0 Å². The monoisotopic (exact) mass is 523 g/mol. The van der Waals surface area contributed by atoms with Gasteiger partial charge >= 0.3 is 0 Å². The maximum Gasteiger partial charge on any atom is 0.200 e. The SMILES string of the molecule is C=C(/C=C1\Oc2cc3ccccc3cc2N1CCC)C(C)(Cc1ccc(C)cc1)c1c(C)ccc2ccccc12. The van der Waals surface area contributed by atoms with Crippen molar-refractivity contribution >= 4 is 27.2 Å². The van der Waals surface area contributed by atoms with Gasteiger partial charge in [0.2, 0.25) is 5.88 Å². The number of hydrogen-bond acceptors (Lipinski definition) is 2. The van der Waals surface area contributed by atoms with Gasteiger partial charge in [-0.25, -0.2) is 0 Å². The van der Waals surface area contributed by atoms with Gasteiger partial charge in [0.25, 0.3) is 0 Å². The van der Waals surface area contributed by atoms with Crippen LogP contribution in [-0.4, -0.2) is 6.54 Å². The van der Waals surface area contributed by atoms with Gasteiger partial charge in [0.05, 0.1) is 5.69 Å². The maximum absolute atomic E-state index is 6.59. The molecule has 0 fully saturated rings. The third-order valence-corrected chi connectivity index (χ3v) is 8.42. The highest BCUT2D eigenvalue weighted by Gasteiger charge is 2.35. The second kappa shape index (κ2) is 10.4. The van der Waals surface area contributed by atoms with E-state index in [2.05, 4.69) is 136 Å². The molecule has 1 heterocycles. The Morgan fingerprint density at radius 2 is 1.52 bits per heavy atom. The van der Waals surface area contributed by atoms with Crippen LogP contribution >= 0.6 is 0 Å². The van der Waals surface area contributed by atoms with E-state index in [4.69, 9.17) is 11.3 Å². The lowest BCUT2D eigenvalue weighted by molar-refractivity contribution is 0.435. The quantitative estimate of drug-likeness (QED) is 0.210. The number of aryl methyl sites for hydroxylation is 2. The highest BCUT2D eigenvalue weighted by atomic mass is 16.5. The normalized spacial score (nSPS) is 15.3. The molecule has 0 amide bonds. The minimum absolute atomic E-state index is 0.353. The van der Waals surface area contributed by atoms with E-state index in [-0.39, 0.29) is 5.41 Å². The lowest BCUT2D eigenvalue weighted by Gasteiger charge is -2.35. The number of anilines is 1. The number of benzene rings is 5. The highest BCUT2D eigenvalue weighted by Crippen LogP contribution is 2.45. The van der Waals surface area contributed by atoms with Crippen LogP contribution in [0.1, 0.15) is 42.5 Å². The summed E-state index contributed by atoms with van der Waals surface area (Å²) in [5.74, 6) is 1.76. The van der Waals surface area contributed by atoms with E-state index < -0.39 is 0 Å². The van der Waals surface area contributed by atoms with Gasteiger partial charge in [-0.2, -0.15) is 0 Å². The first kappa shape index (κ1) is 26.0. The molecule has 1 aliphatic rings. The standard InChI is InChI=1S/C38H37NO/c1-6-21-39-34-23-31-12-7-8-13-32(31)24-35(34)40-36(39)22-28(4)38(5,25-29-18-15-26(2)16-19-29)37-27(3)17-20-30-11-9-10-14-33(30)37/h7-20,22-24H,4,6,21,25H2,1-3,5H3/b36-22-. The zero-order valence-corrected chi connectivity index (χ0v) is 24.0. The highest BCUT2D eigenvalue weighted by molar-refractivity contribution is 5.91. The van der Waals surface area contributed by atoms with Crippen molar-refractivity contribution in [2.24, 2.45) is 0 Å². The zero-order valence-electron chi connectivity index (χ0n) is 24.0. The van der Waals surface area contributed by atoms with Crippen molar-refractivity contribution in [3.63, 3.8) is 0 Å². The molecule has 0 aliphatic carbocycles. The molecular formula is C38H37NO. The Hall–Kier alpha value is -4.30. The van der Waals surface area contributed by atoms with Crippen LogP contribution in [-0.2, 0) is 11.8 Å². The molecule has 1 atom stereocenters. The molecule has 2 nitrogen and oxygen atoms in total. The summed E-state index contributed by atoms with van der Waals surface area (Å²) in [7, 11) is 0. The molecule has 1 aliphatic heterocycles. The number of rotatable bonds is 7. The Kier molecular flexibility index (Phi) is 6.72. The molecule has 1 unspecified atom stereocenters. The van der Waals surface area contributed by atoms with E-state index in [9.17, 15) is 0 Å². The minimum Gasteiger partial charge on any atom is -0.439 e. The van der Waals surface area contributed by atoms with Crippen molar-refractivity contribution < 1.29 is 4.74 Å². The third kappa shape index (κ3) is 4.58. The van der Waals surface area contributed by atoms with E-state index >= 15 is 0 Å². The number of allylic oxidation sites excluding steroid dienone is 2. The summed E-state index contributed by atoms with van der Waals surface area (Å²) in [5.41, 5.74) is 6.99. The van der Waals surface area contributed by atoms with Gasteiger partial charge in [0.15, 0.2) is 5.75 Å². The topological polar surface area (TPSA) is 12.5 Å². The molecule has 5 aromatic rings. The molecule has 0 N–H and O–H groups in total. The van der Waals surface area contributed by atoms with E-state index in [1.807, 2.05) is 0 Å². The molecule has 200 valence electrons. The fraction of sp³-hybridized carbons (Fsp3) is 0.211. The van der Waals surface area contributed by atoms with Crippen molar-refractivity contribution in [2.75, 3.05) is 11.4 Å². The van der Waals surface area contributed by atoms with E-state index in [0.717, 1.165) is 42.3 Å². The lowest BCUT2D eigenvalue weighted by atomic mass is 9.69. The second-order valence-corrected chi connectivity index (χ2v) is 11.4. The van der Waals surface area contributed by atoms with Gasteiger partial charge in [0.1, 0.15) is 0 Å². The van der Waals surface area contributed by atoms with Gasteiger partial charge in [-0.15, -0.1) is 0 Å². The Bertz CT molecular complexity index is 1760.